The van der Waals surface area contributed by atoms with E-state index in [1.807, 2.05) is 0 Å². The summed E-state index contributed by atoms with van der Waals surface area (Å²) in [5.41, 5.74) is 0.232. The number of nitrogens with one attached hydrogen (secondary N) is 1. The van der Waals surface area contributed by atoms with Gasteiger partial charge < -0.3 is 5.32 Å². The lowest BCUT2D eigenvalue weighted by Gasteiger charge is -2.30. The molecule has 0 radical (unpaired) electrons. The van der Waals surface area contributed by atoms with Gasteiger partial charge in [-0.2, -0.15) is 4.31 Å². The average Bonchev–Trinajstić information content (AvgIpc) is 2.70. The van der Waals surface area contributed by atoms with E-state index in [9.17, 15) is 26.4 Å². The number of carbonyl (C=O) groups excluding carboxylic acids is 1. The van der Waals surface area contributed by atoms with Crippen molar-refractivity contribution in [2.45, 2.75) is 24.2 Å². The maximum absolute atomic E-state index is 12.9. The Kier molecular flexibility index (Phi) is 6.04. The highest BCUT2D eigenvalue weighted by Gasteiger charge is 2.32. The molecule has 0 saturated carbocycles. The molecule has 0 bridgehead atoms. The summed E-state index contributed by atoms with van der Waals surface area (Å²) in [6.07, 6.45) is -1.99. The van der Waals surface area contributed by atoms with Gasteiger partial charge >= 0.3 is 0 Å². The third-order valence-electron chi connectivity index (χ3n) is 4.71. The van der Waals surface area contributed by atoms with Crippen LogP contribution in [0.2, 0.25) is 0 Å². The molecule has 28 heavy (non-hydrogen) atoms. The monoisotopic (exact) mass is 412 g/mol. The van der Waals surface area contributed by atoms with Crippen LogP contribution < -0.4 is 5.32 Å². The highest BCUT2D eigenvalue weighted by atomic mass is 32.2. The van der Waals surface area contributed by atoms with Crippen molar-refractivity contribution in [3.63, 3.8) is 0 Å². The van der Waals surface area contributed by atoms with Crippen molar-refractivity contribution in [3.8, 4) is 0 Å². The van der Waals surface area contributed by atoms with E-state index in [1.54, 1.807) is 0 Å². The van der Waals surface area contributed by atoms with Crippen molar-refractivity contribution >= 4 is 21.6 Å². The van der Waals surface area contributed by atoms with E-state index in [0.717, 1.165) is 12.1 Å². The largest absolute Gasteiger partial charge is 0.326 e. The van der Waals surface area contributed by atoms with Crippen LogP contribution in [-0.2, 0) is 14.8 Å². The molecule has 1 aliphatic heterocycles. The van der Waals surface area contributed by atoms with Gasteiger partial charge in [0.1, 0.15) is 5.82 Å². The van der Waals surface area contributed by atoms with Crippen LogP contribution in [0.25, 0.3) is 0 Å². The van der Waals surface area contributed by atoms with Crippen LogP contribution >= 0.6 is 0 Å². The fraction of sp³-hybridized carbons (Fsp3) is 0.316. The normalized spacial score (nSPS) is 16.3. The lowest BCUT2D eigenvalue weighted by Crippen LogP contribution is -2.41. The minimum absolute atomic E-state index is 0.0499. The first-order valence-corrected chi connectivity index (χ1v) is 10.2. The van der Waals surface area contributed by atoms with E-state index < -0.39 is 22.3 Å². The molecule has 0 aromatic heterocycles. The van der Waals surface area contributed by atoms with Gasteiger partial charge in [0.25, 0.3) is 6.43 Å². The number of benzene rings is 2. The number of nitrogens with zero attached hydrogens (tertiary/aromatic N) is 1. The number of alkyl halides is 2. The summed E-state index contributed by atoms with van der Waals surface area (Å²) < 4.78 is 64.8. The zero-order valence-electron chi connectivity index (χ0n) is 14.8. The molecule has 1 heterocycles. The summed E-state index contributed by atoms with van der Waals surface area (Å²) in [5, 5.41) is 2.70. The number of sulfonamides is 1. The first-order chi connectivity index (χ1) is 13.3. The molecule has 9 heteroatoms. The standard InChI is InChI=1S/C19H19F3N2O3S/c20-15-3-5-16(6-4-15)23-19(25)14-9-11-24(12-10-14)28(26,27)17-7-1-13(2-8-17)18(21)22/h1-8,14,18H,9-12H2,(H,23,25). The molecule has 150 valence electrons. The summed E-state index contributed by atoms with van der Waals surface area (Å²) in [4.78, 5) is 12.3. The molecular weight excluding hydrogens is 393 g/mol. The predicted octanol–water partition coefficient (Wildman–Crippen LogP) is 3.80. The molecule has 5 nitrogen and oxygen atoms in total. The number of piperidine rings is 1. The summed E-state index contributed by atoms with van der Waals surface area (Å²) in [5.74, 6) is -1.01. The van der Waals surface area contributed by atoms with Gasteiger partial charge in [0.05, 0.1) is 4.90 Å². The SMILES string of the molecule is O=C(Nc1ccc(F)cc1)C1CCN(S(=O)(=O)c2ccc(C(F)F)cc2)CC1. The van der Waals surface area contributed by atoms with Gasteiger partial charge in [0.2, 0.25) is 15.9 Å². The molecule has 1 N–H and O–H groups in total. The molecular formula is C19H19F3N2O3S. The van der Waals surface area contributed by atoms with E-state index in [1.165, 1.54) is 40.7 Å². The van der Waals surface area contributed by atoms with E-state index in [2.05, 4.69) is 5.32 Å². The van der Waals surface area contributed by atoms with Crippen LogP contribution in [-0.4, -0.2) is 31.7 Å². The highest BCUT2D eigenvalue weighted by molar-refractivity contribution is 7.89. The second-order valence-corrected chi connectivity index (χ2v) is 8.48. The van der Waals surface area contributed by atoms with Gasteiger partial charge in [-0.15, -0.1) is 0 Å². The van der Waals surface area contributed by atoms with Crippen molar-refractivity contribution in [1.82, 2.24) is 4.31 Å². The van der Waals surface area contributed by atoms with Gasteiger partial charge in [-0.3, -0.25) is 4.79 Å². The number of hydrogen-bond donors (Lipinski definition) is 1. The fourth-order valence-corrected chi connectivity index (χ4v) is 4.54. The van der Waals surface area contributed by atoms with Crippen LogP contribution in [0.1, 0.15) is 24.8 Å². The maximum Gasteiger partial charge on any atom is 0.263 e. The Hall–Kier alpha value is -2.39. The Labute approximate surface area is 161 Å². The Morgan fingerprint density at radius 2 is 1.57 bits per heavy atom. The number of anilines is 1. The van der Waals surface area contributed by atoms with Crippen molar-refractivity contribution in [3.05, 3.63) is 59.9 Å². The van der Waals surface area contributed by atoms with Gasteiger partial charge in [-0.25, -0.2) is 21.6 Å². The Morgan fingerprint density at radius 1 is 1.00 bits per heavy atom. The van der Waals surface area contributed by atoms with Gasteiger partial charge in [0.15, 0.2) is 0 Å². The van der Waals surface area contributed by atoms with Crippen LogP contribution in [0.4, 0.5) is 18.9 Å². The Balaban J connectivity index is 1.60. The molecule has 1 amide bonds. The van der Waals surface area contributed by atoms with E-state index in [4.69, 9.17) is 0 Å². The number of rotatable bonds is 5. The number of hydrogen-bond acceptors (Lipinski definition) is 3. The molecule has 1 saturated heterocycles. The zero-order chi connectivity index (χ0) is 20.3. The molecule has 2 aromatic rings. The van der Waals surface area contributed by atoms with Crippen LogP contribution in [0, 0.1) is 11.7 Å². The summed E-state index contributed by atoms with van der Waals surface area (Å²) >= 11 is 0. The quantitative estimate of drug-likeness (QED) is 0.812. The van der Waals surface area contributed by atoms with Crippen molar-refractivity contribution in [1.29, 1.82) is 0 Å². The topological polar surface area (TPSA) is 66.5 Å². The Bertz CT molecular complexity index is 924. The van der Waals surface area contributed by atoms with Crippen LogP contribution in [0.3, 0.4) is 0 Å². The minimum atomic E-state index is -3.80. The molecule has 0 unspecified atom stereocenters. The molecule has 0 aliphatic carbocycles. The molecule has 1 fully saturated rings. The summed E-state index contributed by atoms with van der Waals surface area (Å²) in [6.45, 7) is 0.306. The first kappa shape index (κ1) is 20.3. The van der Waals surface area contributed by atoms with Gasteiger partial charge in [-0.1, -0.05) is 12.1 Å². The first-order valence-electron chi connectivity index (χ1n) is 8.72. The molecule has 3 rings (SSSR count). The minimum Gasteiger partial charge on any atom is -0.326 e. The third kappa shape index (κ3) is 4.53. The van der Waals surface area contributed by atoms with Crippen LogP contribution in [0.15, 0.2) is 53.4 Å². The van der Waals surface area contributed by atoms with Crippen LogP contribution in [0.5, 0.6) is 0 Å². The van der Waals surface area contributed by atoms with E-state index in [-0.39, 0.29) is 35.4 Å². The number of amides is 1. The van der Waals surface area contributed by atoms with E-state index in [0.29, 0.717) is 18.5 Å². The Morgan fingerprint density at radius 3 is 2.11 bits per heavy atom. The maximum atomic E-state index is 12.9. The zero-order valence-corrected chi connectivity index (χ0v) is 15.6. The second-order valence-electron chi connectivity index (χ2n) is 6.54. The average molecular weight is 412 g/mol. The number of carbonyl (C=O) groups is 1. The van der Waals surface area contributed by atoms with Crippen molar-refractivity contribution in [2.75, 3.05) is 18.4 Å². The fourth-order valence-electron chi connectivity index (χ4n) is 3.07. The lowest BCUT2D eigenvalue weighted by molar-refractivity contribution is -0.120. The molecule has 2 aromatic carbocycles. The molecule has 1 aliphatic rings. The molecule has 0 atom stereocenters. The second kappa shape index (κ2) is 8.32. The third-order valence-corrected chi connectivity index (χ3v) is 6.62. The van der Waals surface area contributed by atoms with Gasteiger partial charge in [-0.05, 0) is 49.2 Å². The molecule has 0 spiro atoms. The smallest absolute Gasteiger partial charge is 0.263 e. The highest BCUT2D eigenvalue weighted by Crippen LogP contribution is 2.26. The number of halogens is 3. The van der Waals surface area contributed by atoms with Crippen molar-refractivity contribution < 1.29 is 26.4 Å². The lowest BCUT2D eigenvalue weighted by atomic mass is 9.97. The summed E-state index contributed by atoms with van der Waals surface area (Å²) in [6, 6.07) is 9.93. The van der Waals surface area contributed by atoms with Gasteiger partial charge in [0, 0.05) is 30.3 Å². The predicted molar refractivity (Wildman–Crippen MR) is 97.9 cm³/mol. The van der Waals surface area contributed by atoms with E-state index >= 15 is 0 Å². The summed E-state index contributed by atoms with van der Waals surface area (Å²) in [7, 11) is -3.80. The van der Waals surface area contributed by atoms with Crippen molar-refractivity contribution in [2.24, 2.45) is 5.92 Å².